The van der Waals surface area contributed by atoms with Gasteiger partial charge in [-0.25, -0.2) is 0 Å². The number of fused-ring (bicyclic) bond motifs is 1. The van der Waals surface area contributed by atoms with E-state index in [1.54, 1.807) is 18.2 Å². The van der Waals surface area contributed by atoms with Crippen LogP contribution in [0.2, 0.25) is 0 Å². The summed E-state index contributed by atoms with van der Waals surface area (Å²) < 4.78 is 17.1. The van der Waals surface area contributed by atoms with E-state index in [0.717, 1.165) is 0 Å². The van der Waals surface area contributed by atoms with E-state index in [1.807, 2.05) is 33.8 Å². The average molecular weight is 273 g/mol. The maximum atomic E-state index is 11.8. The lowest BCUT2D eigenvalue weighted by molar-refractivity contribution is 0.00578. The summed E-state index contributed by atoms with van der Waals surface area (Å²) in [6, 6.07) is 7.15. The lowest BCUT2D eigenvalue weighted by Crippen LogP contribution is -2.41. The second-order valence-corrected chi connectivity index (χ2v) is 5.93. The fourth-order valence-corrected chi connectivity index (χ4v) is 2.09. The first kappa shape index (κ1) is 13.3. The largest absolute Gasteiger partial charge is 0.715 e. The molecule has 1 fully saturated rings. The lowest BCUT2D eigenvalue weighted by atomic mass is 9.90. The average Bonchev–Trinajstić information content (AvgIpc) is 2.75. The molecular formula is C14H16BNO4. The number of amides is 1. The number of carbonyl (C=O) groups is 1. The summed E-state index contributed by atoms with van der Waals surface area (Å²) in [5.74, 6) is -0.0452. The molecule has 2 heterocycles. The molecule has 104 valence electrons. The maximum absolute atomic E-state index is 11.8. The third kappa shape index (κ3) is 1.96. The van der Waals surface area contributed by atoms with Gasteiger partial charge in [-0.05, 0) is 39.8 Å². The van der Waals surface area contributed by atoms with Crippen LogP contribution in [-0.4, -0.2) is 30.3 Å². The molecule has 2 aliphatic heterocycles. The third-order valence-electron chi connectivity index (χ3n) is 4.03. The summed E-state index contributed by atoms with van der Waals surface area (Å²) in [5, 5.41) is 0. The Hall–Kier alpha value is -1.66. The number of hydrogen-bond donors (Lipinski definition) is 0. The molecule has 0 unspecified atom stereocenters. The molecule has 0 aromatic heterocycles. The normalized spacial score (nSPS) is 22.7. The zero-order valence-electron chi connectivity index (χ0n) is 12.0. The Morgan fingerprint density at radius 2 is 1.60 bits per heavy atom. The molecule has 0 aliphatic carbocycles. The van der Waals surface area contributed by atoms with Crippen molar-refractivity contribution in [3.63, 3.8) is 0 Å². The van der Waals surface area contributed by atoms with Crippen LogP contribution in [0, 0.1) is 0 Å². The van der Waals surface area contributed by atoms with Crippen LogP contribution in [0.5, 0.6) is 0 Å². The second kappa shape index (κ2) is 4.17. The van der Waals surface area contributed by atoms with Gasteiger partial charge in [-0.1, -0.05) is 12.1 Å². The number of rotatable bonds is 1. The molecule has 0 saturated carbocycles. The van der Waals surface area contributed by atoms with E-state index in [0.29, 0.717) is 11.1 Å². The van der Waals surface area contributed by atoms with Gasteiger partial charge in [0.25, 0.3) is 5.91 Å². The molecule has 0 atom stereocenters. The molecule has 1 saturated heterocycles. The standard InChI is InChI=1S/C14H16BNO4/c1-13(2)14(3,4)20-15(19-13)18-12-10-8-6-5-7-9(10)11(17)16-12/h5-8H,1-4H3. The minimum Gasteiger partial charge on any atom is -0.497 e. The first-order valence-corrected chi connectivity index (χ1v) is 6.55. The highest BCUT2D eigenvalue weighted by atomic mass is 16.8. The fraction of sp³-hybridized carbons (Fsp3) is 0.429. The van der Waals surface area contributed by atoms with Crippen LogP contribution in [0.4, 0.5) is 0 Å². The molecule has 5 nitrogen and oxygen atoms in total. The number of carbonyl (C=O) groups excluding carboxylic acids is 1. The molecule has 0 bridgehead atoms. The van der Waals surface area contributed by atoms with Crippen LogP contribution < -0.4 is 0 Å². The van der Waals surface area contributed by atoms with Crippen molar-refractivity contribution in [3.05, 3.63) is 35.4 Å². The molecule has 1 aromatic carbocycles. The summed E-state index contributed by atoms with van der Waals surface area (Å²) in [6.45, 7) is 7.75. The summed E-state index contributed by atoms with van der Waals surface area (Å²) in [4.78, 5) is 15.7. The Bertz CT molecular complexity index is 593. The fourth-order valence-electron chi connectivity index (χ4n) is 2.09. The van der Waals surface area contributed by atoms with Gasteiger partial charge < -0.3 is 14.0 Å². The number of aliphatic imine (C=N–C) groups is 1. The summed E-state index contributed by atoms with van der Waals surface area (Å²) in [6.07, 6.45) is 0. The Balaban J connectivity index is 1.82. The molecule has 3 rings (SSSR count). The minimum atomic E-state index is -0.863. The Morgan fingerprint density at radius 3 is 2.20 bits per heavy atom. The van der Waals surface area contributed by atoms with E-state index in [1.165, 1.54) is 0 Å². The summed E-state index contributed by atoms with van der Waals surface area (Å²) in [7, 11) is -0.863. The topological polar surface area (TPSA) is 57.1 Å². The molecular weight excluding hydrogens is 257 g/mol. The van der Waals surface area contributed by atoms with Gasteiger partial charge in [-0.15, -0.1) is 0 Å². The zero-order valence-corrected chi connectivity index (χ0v) is 12.0. The van der Waals surface area contributed by atoms with E-state index in [4.69, 9.17) is 14.0 Å². The van der Waals surface area contributed by atoms with E-state index in [9.17, 15) is 4.79 Å². The molecule has 2 aliphatic rings. The van der Waals surface area contributed by atoms with Crippen molar-refractivity contribution in [3.8, 4) is 0 Å². The second-order valence-electron chi connectivity index (χ2n) is 5.93. The van der Waals surface area contributed by atoms with Crippen molar-refractivity contribution in [2.45, 2.75) is 38.9 Å². The third-order valence-corrected chi connectivity index (χ3v) is 4.03. The smallest absolute Gasteiger partial charge is 0.497 e. The predicted octanol–water partition coefficient (Wildman–Crippen LogP) is 2.19. The van der Waals surface area contributed by atoms with Crippen LogP contribution in [0.1, 0.15) is 43.6 Å². The monoisotopic (exact) mass is 273 g/mol. The van der Waals surface area contributed by atoms with E-state index >= 15 is 0 Å². The van der Waals surface area contributed by atoms with Crippen molar-refractivity contribution in [2.75, 3.05) is 0 Å². The van der Waals surface area contributed by atoms with Crippen molar-refractivity contribution in [1.29, 1.82) is 0 Å². The van der Waals surface area contributed by atoms with Gasteiger partial charge in [0.05, 0.1) is 16.8 Å². The SMILES string of the molecule is CC1(C)OB(OC2=NC(=O)c3ccccc32)OC1(C)C. The minimum absolute atomic E-state index is 0.254. The van der Waals surface area contributed by atoms with E-state index in [2.05, 4.69) is 4.99 Å². The Kier molecular flexibility index (Phi) is 2.78. The number of hydrogen-bond acceptors (Lipinski definition) is 4. The van der Waals surface area contributed by atoms with Crippen molar-refractivity contribution in [1.82, 2.24) is 0 Å². The molecule has 6 heteroatoms. The number of nitrogens with zero attached hydrogens (tertiary/aromatic N) is 1. The highest BCUT2D eigenvalue weighted by Gasteiger charge is 2.55. The lowest BCUT2D eigenvalue weighted by Gasteiger charge is -2.31. The maximum Gasteiger partial charge on any atom is 0.715 e. The van der Waals surface area contributed by atoms with Crippen LogP contribution in [0.25, 0.3) is 0 Å². The van der Waals surface area contributed by atoms with Crippen LogP contribution in [-0.2, 0) is 14.0 Å². The van der Waals surface area contributed by atoms with Gasteiger partial charge in [0.2, 0.25) is 5.90 Å². The van der Waals surface area contributed by atoms with Gasteiger partial charge in [0.15, 0.2) is 0 Å². The Morgan fingerprint density at radius 1 is 1.05 bits per heavy atom. The molecule has 0 N–H and O–H groups in total. The van der Waals surface area contributed by atoms with Crippen LogP contribution in [0.3, 0.4) is 0 Å². The summed E-state index contributed by atoms with van der Waals surface area (Å²) >= 11 is 0. The van der Waals surface area contributed by atoms with Gasteiger partial charge in [-0.3, -0.25) is 4.79 Å². The molecule has 1 aromatic rings. The van der Waals surface area contributed by atoms with Gasteiger partial charge in [0.1, 0.15) is 0 Å². The zero-order chi connectivity index (χ0) is 14.5. The molecule has 0 spiro atoms. The van der Waals surface area contributed by atoms with Crippen molar-refractivity contribution in [2.24, 2.45) is 4.99 Å². The highest BCUT2D eigenvalue weighted by molar-refractivity contribution is 6.42. The van der Waals surface area contributed by atoms with Crippen molar-refractivity contribution >= 4 is 19.1 Å². The molecule has 1 amide bonds. The van der Waals surface area contributed by atoms with Crippen molar-refractivity contribution < 1.29 is 18.8 Å². The first-order chi connectivity index (χ1) is 9.30. The quantitative estimate of drug-likeness (QED) is 0.736. The van der Waals surface area contributed by atoms with Gasteiger partial charge in [-0.2, -0.15) is 4.99 Å². The first-order valence-electron chi connectivity index (χ1n) is 6.55. The van der Waals surface area contributed by atoms with Crippen LogP contribution >= 0.6 is 0 Å². The predicted molar refractivity (Wildman–Crippen MR) is 74.5 cm³/mol. The Labute approximate surface area is 118 Å². The van der Waals surface area contributed by atoms with Gasteiger partial charge in [0, 0.05) is 5.56 Å². The molecule has 20 heavy (non-hydrogen) atoms. The van der Waals surface area contributed by atoms with E-state index < -0.39 is 18.5 Å². The molecule has 0 radical (unpaired) electrons. The summed E-state index contributed by atoms with van der Waals surface area (Å²) in [5.41, 5.74) is 0.243. The van der Waals surface area contributed by atoms with E-state index in [-0.39, 0.29) is 11.8 Å². The highest BCUT2D eigenvalue weighted by Crippen LogP contribution is 2.37. The number of benzene rings is 1. The van der Waals surface area contributed by atoms with Crippen LogP contribution in [0.15, 0.2) is 29.3 Å². The van der Waals surface area contributed by atoms with Gasteiger partial charge >= 0.3 is 7.32 Å².